The van der Waals surface area contributed by atoms with Crippen LogP contribution in [0.25, 0.3) is 11.1 Å². The molecule has 5 aromatic rings. The standard InChI is InChI=1S/C42H43ClN4O4S2/c43-34-12-10-32(11-13-34)39-9-5-4-6-33(39)30-46-22-24-47(25-23-46)36-16-19-40(41(28-36)52-37-7-2-1-3-8-37)42(48)45-53(49,50)38-17-14-35(15-18-38)44-29-31-20-26-51-27-21-31/h1-19,28,31,44H,20-27,29-30H2,(H,45,48). The number of benzene rings is 5. The number of piperazine rings is 1. The van der Waals surface area contributed by atoms with E-state index in [1.807, 2.05) is 54.6 Å². The van der Waals surface area contributed by atoms with Gasteiger partial charge in [-0.2, -0.15) is 0 Å². The van der Waals surface area contributed by atoms with Crippen LogP contribution in [0.15, 0.2) is 136 Å². The summed E-state index contributed by atoms with van der Waals surface area (Å²) >= 11 is 7.60. The van der Waals surface area contributed by atoms with Crippen LogP contribution in [0.1, 0.15) is 28.8 Å². The van der Waals surface area contributed by atoms with Gasteiger partial charge in [-0.25, -0.2) is 13.1 Å². The lowest BCUT2D eigenvalue weighted by atomic mass is 9.99. The minimum absolute atomic E-state index is 0.0324. The maximum atomic E-state index is 13.7. The fourth-order valence-corrected chi connectivity index (χ4v) is 8.86. The van der Waals surface area contributed by atoms with E-state index in [9.17, 15) is 13.2 Å². The Morgan fingerprint density at radius 2 is 1.51 bits per heavy atom. The van der Waals surface area contributed by atoms with Crippen molar-refractivity contribution in [3.8, 4) is 11.1 Å². The van der Waals surface area contributed by atoms with Crippen LogP contribution in [0.5, 0.6) is 0 Å². The molecule has 2 heterocycles. The molecule has 1 amide bonds. The molecule has 2 fully saturated rings. The Morgan fingerprint density at radius 1 is 0.811 bits per heavy atom. The van der Waals surface area contributed by atoms with E-state index in [-0.39, 0.29) is 4.90 Å². The molecule has 53 heavy (non-hydrogen) atoms. The van der Waals surface area contributed by atoms with Crippen molar-refractivity contribution in [3.05, 3.63) is 137 Å². The van der Waals surface area contributed by atoms with Gasteiger partial charge in [-0.15, -0.1) is 0 Å². The largest absolute Gasteiger partial charge is 0.385 e. The van der Waals surface area contributed by atoms with Crippen LogP contribution in [0.4, 0.5) is 11.4 Å². The molecule has 5 aromatic carbocycles. The van der Waals surface area contributed by atoms with E-state index in [1.54, 1.807) is 18.2 Å². The molecule has 0 saturated carbocycles. The summed E-state index contributed by atoms with van der Waals surface area (Å²) in [6, 6.07) is 38.5. The van der Waals surface area contributed by atoms with Crippen LogP contribution >= 0.6 is 23.4 Å². The molecule has 2 N–H and O–H groups in total. The van der Waals surface area contributed by atoms with E-state index in [4.69, 9.17) is 16.3 Å². The first-order chi connectivity index (χ1) is 25.8. The number of ether oxygens (including phenoxy) is 1. The minimum Gasteiger partial charge on any atom is -0.385 e. The molecular weight excluding hydrogens is 724 g/mol. The lowest BCUT2D eigenvalue weighted by molar-refractivity contribution is 0.0699. The summed E-state index contributed by atoms with van der Waals surface area (Å²) in [7, 11) is -4.11. The highest BCUT2D eigenvalue weighted by molar-refractivity contribution is 7.99. The van der Waals surface area contributed by atoms with E-state index >= 15 is 0 Å². The summed E-state index contributed by atoms with van der Waals surface area (Å²) in [5.74, 6) is -0.138. The zero-order chi connectivity index (χ0) is 36.6. The van der Waals surface area contributed by atoms with E-state index < -0.39 is 15.9 Å². The molecule has 0 bridgehead atoms. The van der Waals surface area contributed by atoms with Gasteiger partial charge in [0.05, 0.1) is 10.5 Å². The monoisotopic (exact) mass is 766 g/mol. The first-order valence-electron chi connectivity index (χ1n) is 18.0. The van der Waals surface area contributed by atoms with Gasteiger partial charge in [-0.3, -0.25) is 9.69 Å². The highest BCUT2D eigenvalue weighted by atomic mass is 35.5. The van der Waals surface area contributed by atoms with E-state index in [0.29, 0.717) is 16.4 Å². The van der Waals surface area contributed by atoms with Gasteiger partial charge in [0.15, 0.2) is 0 Å². The lowest BCUT2D eigenvalue weighted by Gasteiger charge is -2.36. The molecule has 0 radical (unpaired) electrons. The van der Waals surface area contributed by atoms with Crippen LogP contribution in [0.3, 0.4) is 0 Å². The highest BCUT2D eigenvalue weighted by Crippen LogP contribution is 2.35. The molecule has 7 rings (SSSR count). The van der Waals surface area contributed by atoms with Crippen molar-refractivity contribution in [2.24, 2.45) is 5.92 Å². The number of hydrogen-bond acceptors (Lipinski definition) is 8. The van der Waals surface area contributed by atoms with Gasteiger partial charge >= 0.3 is 0 Å². The van der Waals surface area contributed by atoms with Gasteiger partial charge in [-0.1, -0.05) is 78.0 Å². The SMILES string of the molecule is O=C(NS(=O)(=O)c1ccc(NCC2CCOCC2)cc1)c1ccc(N2CCN(Cc3ccccc3-c3ccc(Cl)cc3)CC2)cc1Sc1ccccc1. The van der Waals surface area contributed by atoms with Crippen molar-refractivity contribution in [3.63, 3.8) is 0 Å². The summed E-state index contributed by atoms with van der Waals surface area (Å²) in [6.45, 7) is 6.58. The topological polar surface area (TPSA) is 91.0 Å². The summed E-state index contributed by atoms with van der Waals surface area (Å²) in [5.41, 5.74) is 5.76. The zero-order valence-corrected chi connectivity index (χ0v) is 31.8. The first-order valence-corrected chi connectivity index (χ1v) is 20.7. The van der Waals surface area contributed by atoms with E-state index in [1.165, 1.54) is 35.0 Å². The molecule has 0 aromatic heterocycles. The third kappa shape index (κ3) is 9.62. The maximum Gasteiger partial charge on any atom is 0.266 e. The van der Waals surface area contributed by atoms with Crippen LogP contribution in [-0.4, -0.2) is 65.2 Å². The second-order valence-electron chi connectivity index (χ2n) is 13.4. The van der Waals surface area contributed by atoms with Crippen molar-refractivity contribution in [2.75, 3.05) is 56.2 Å². The number of sulfonamides is 1. The number of carbonyl (C=O) groups is 1. The second kappa shape index (κ2) is 17.2. The van der Waals surface area contributed by atoms with Gasteiger partial charge in [0.1, 0.15) is 0 Å². The predicted molar refractivity (Wildman–Crippen MR) is 215 cm³/mol. The number of rotatable bonds is 12. The Bertz CT molecular complexity index is 2100. The Morgan fingerprint density at radius 3 is 2.25 bits per heavy atom. The Hall–Kier alpha value is -4.32. The smallest absolute Gasteiger partial charge is 0.266 e. The number of nitrogens with one attached hydrogen (secondary N) is 2. The minimum atomic E-state index is -4.11. The average Bonchev–Trinajstić information content (AvgIpc) is 3.19. The van der Waals surface area contributed by atoms with Gasteiger partial charge in [0.25, 0.3) is 15.9 Å². The quantitative estimate of drug-likeness (QED) is 0.131. The highest BCUT2D eigenvalue weighted by Gasteiger charge is 2.24. The summed E-state index contributed by atoms with van der Waals surface area (Å²) in [5, 5.41) is 4.12. The first kappa shape index (κ1) is 37.0. The number of carbonyl (C=O) groups excluding carboxylic acids is 1. The van der Waals surface area contributed by atoms with Gasteiger partial charge in [0.2, 0.25) is 0 Å². The van der Waals surface area contributed by atoms with Gasteiger partial charge < -0.3 is 15.0 Å². The van der Waals surface area contributed by atoms with Crippen LogP contribution < -0.4 is 14.9 Å². The number of nitrogens with zero attached hydrogens (tertiary/aromatic N) is 2. The molecule has 11 heteroatoms. The van der Waals surface area contributed by atoms with Gasteiger partial charge in [0, 0.05) is 78.7 Å². The molecule has 0 aliphatic carbocycles. The van der Waals surface area contributed by atoms with Crippen LogP contribution in [0.2, 0.25) is 5.02 Å². The van der Waals surface area contributed by atoms with Crippen LogP contribution in [-0.2, 0) is 21.3 Å². The summed E-state index contributed by atoms with van der Waals surface area (Å²) in [6.07, 6.45) is 2.02. The molecule has 2 saturated heterocycles. The van der Waals surface area contributed by atoms with E-state index in [0.717, 1.165) is 92.2 Å². The molecule has 2 aliphatic rings. The average molecular weight is 767 g/mol. The van der Waals surface area contributed by atoms with Crippen molar-refractivity contribution < 1.29 is 17.9 Å². The Balaban J connectivity index is 1.02. The van der Waals surface area contributed by atoms with Crippen LogP contribution in [0, 0.1) is 5.92 Å². The normalized spacial score (nSPS) is 15.6. The third-order valence-electron chi connectivity index (χ3n) is 9.81. The fraction of sp³-hybridized carbons (Fsp3) is 0.262. The molecular formula is C42H43ClN4O4S2. The number of halogens is 1. The Kier molecular flexibility index (Phi) is 12.0. The molecule has 2 aliphatic heterocycles. The maximum absolute atomic E-state index is 13.7. The molecule has 8 nitrogen and oxygen atoms in total. The van der Waals surface area contributed by atoms with E-state index in [2.05, 4.69) is 56.2 Å². The van der Waals surface area contributed by atoms with Crippen molar-refractivity contribution in [1.82, 2.24) is 9.62 Å². The number of anilines is 2. The third-order valence-corrected chi connectivity index (χ3v) is 12.5. The van der Waals surface area contributed by atoms with Crippen molar-refractivity contribution >= 4 is 50.7 Å². The summed E-state index contributed by atoms with van der Waals surface area (Å²) < 4.78 is 34.6. The lowest BCUT2D eigenvalue weighted by Crippen LogP contribution is -2.46. The fourth-order valence-electron chi connectivity index (χ4n) is 6.77. The molecule has 0 unspecified atom stereocenters. The molecule has 0 spiro atoms. The Labute approximate surface area is 321 Å². The number of hydrogen-bond donors (Lipinski definition) is 2. The predicted octanol–water partition coefficient (Wildman–Crippen LogP) is 8.44. The molecule has 0 atom stereocenters. The number of amides is 1. The second-order valence-corrected chi connectivity index (χ2v) is 16.7. The van der Waals surface area contributed by atoms with Crippen molar-refractivity contribution in [2.45, 2.75) is 34.1 Å². The zero-order valence-electron chi connectivity index (χ0n) is 29.4. The van der Waals surface area contributed by atoms with Crippen molar-refractivity contribution in [1.29, 1.82) is 0 Å². The summed E-state index contributed by atoms with van der Waals surface area (Å²) in [4.78, 5) is 20.2. The molecule has 274 valence electrons. The van der Waals surface area contributed by atoms with Gasteiger partial charge in [-0.05, 0) is 102 Å².